The Bertz CT molecular complexity index is 1190. The Balaban J connectivity index is 1.74. The number of thiophene rings is 1. The first-order valence-electron chi connectivity index (χ1n) is 8.98. The lowest BCUT2D eigenvalue weighted by Crippen LogP contribution is -2.17. The third kappa shape index (κ3) is 3.01. The van der Waals surface area contributed by atoms with Gasteiger partial charge in [-0.15, -0.1) is 11.3 Å². The first-order chi connectivity index (χ1) is 13.4. The van der Waals surface area contributed by atoms with E-state index in [0.29, 0.717) is 21.5 Å². The smallest absolute Gasteiger partial charge is 0.341 e. The van der Waals surface area contributed by atoms with Crippen LogP contribution in [0.1, 0.15) is 48.9 Å². The lowest BCUT2D eigenvalue weighted by atomic mass is 10.1. The van der Waals surface area contributed by atoms with E-state index >= 15 is 0 Å². The molecule has 0 bridgehead atoms. The van der Waals surface area contributed by atoms with Crippen molar-refractivity contribution in [2.24, 2.45) is 0 Å². The van der Waals surface area contributed by atoms with Crippen molar-refractivity contribution in [2.45, 2.75) is 33.1 Å². The molecule has 0 aliphatic heterocycles. The van der Waals surface area contributed by atoms with Crippen LogP contribution < -0.4 is 10.7 Å². The lowest BCUT2D eigenvalue weighted by molar-refractivity contribution is 0.0601. The molecule has 6 nitrogen and oxygen atoms in total. The van der Waals surface area contributed by atoms with Crippen LogP contribution in [0.2, 0.25) is 0 Å². The van der Waals surface area contributed by atoms with Gasteiger partial charge in [0.25, 0.3) is 5.91 Å². The fourth-order valence-corrected chi connectivity index (χ4v) is 5.02. The highest BCUT2D eigenvalue weighted by Gasteiger charge is 2.28. The second kappa shape index (κ2) is 6.91. The van der Waals surface area contributed by atoms with E-state index < -0.39 is 11.9 Å². The molecule has 0 saturated heterocycles. The van der Waals surface area contributed by atoms with E-state index in [1.165, 1.54) is 24.5 Å². The number of anilines is 1. The van der Waals surface area contributed by atoms with Crippen molar-refractivity contribution < 1.29 is 18.7 Å². The molecule has 0 atom stereocenters. The fraction of sp³-hybridized carbons (Fsp3) is 0.286. The van der Waals surface area contributed by atoms with E-state index in [-0.39, 0.29) is 11.2 Å². The van der Waals surface area contributed by atoms with Crippen LogP contribution in [0.15, 0.2) is 27.4 Å². The standard InChI is InChI=1S/C21H19NO5S/c1-10-7-11(2)17-13(23)9-15(27-14(17)8-10)19(24)22-20-18(21(25)26-3)12-5-4-6-16(12)28-20/h7-9H,4-6H2,1-3H3,(H,22,24). The maximum atomic E-state index is 12.8. The van der Waals surface area contributed by atoms with E-state index in [9.17, 15) is 14.4 Å². The molecule has 1 aromatic carbocycles. The van der Waals surface area contributed by atoms with Crippen molar-refractivity contribution in [3.8, 4) is 0 Å². The van der Waals surface area contributed by atoms with Crippen LogP contribution in [0.4, 0.5) is 5.00 Å². The zero-order valence-corrected chi connectivity index (χ0v) is 16.6. The molecule has 144 valence electrons. The number of carbonyl (C=O) groups excluding carboxylic acids is 2. The van der Waals surface area contributed by atoms with E-state index in [2.05, 4.69) is 5.32 Å². The van der Waals surface area contributed by atoms with Gasteiger partial charge in [0, 0.05) is 10.9 Å². The maximum Gasteiger partial charge on any atom is 0.341 e. The summed E-state index contributed by atoms with van der Waals surface area (Å²) in [5.41, 5.74) is 3.19. The Morgan fingerprint density at radius 2 is 1.96 bits per heavy atom. The minimum absolute atomic E-state index is 0.0909. The number of amides is 1. The molecule has 1 N–H and O–H groups in total. The number of hydrogen-bond donors (Lipinski definition) is 1. The van der Waals surface area contributed by atoms with Crippen molar-refractivity contribution in [3.05, 3.63) is 61.3 Å². The van der Waals surface area contributed by atoms with E-state index in [4.69, 9.17) is 9.15 Å². The molecule has 0 spiro atoms. The maximum absolute atomic E-state index is 12.8. The zero-order chi connectivity index (χ0) is 20.0. The molecule has 0 fully saturated rings. The van der Waals surface area contributed by atoms with Crippen LogP contribution in [0, 0.1) is 13.8 Å². The van der Waals surface area contributed by atoms with E-state index in [1.807, 2.05) is 19.9 Å². The van der Waals surface area contributed by atoms with Crippen molar-refractivity contribution in [3.63, 3.8) is 0 Å². The van der Waals surface area contributed by atoms with Gasteiger partial charge in [0.15, 0.2) is 11.2 Å². The minimum atomic E-state index is -0.566. The lowest BCUT2D eigenvalue weighted by Gasteiger charge is -2.08. The summed E-state index contributed by atoms with van der Waals surface area (Å²) in [7, 11) is 1.32. The summed E-state index contributed by atoms with van der Waals surface area (Å²) in [5.74, 6) is -1.13. The molecule has 1 aliphatic rings. The molecule has 1 amide bonds. The summed E-state index contributed by atoms with van der Waals surface area (Å²) in [5, 5.41) is 3.64. The van der Waals surface area contributed by atoms with Crippen LogP contribution in [0.3, 0.4) is 0 Å². The van der Waals surface area contributed by atoms with Gasteiger partial charge in [0.1, 0.15) is 10.6 Å². The Labute approximate surface area is 165 Å². The van der Waals surface area contributed by atoms with Gasteiger partial charge in [-0.3, -0.25) is 9.59 Å². The van der Waals surface area contributed by atoms with Crippen LogP contribution in [0.25, 0.3) is 11.0 Å². The number of esters is 1. The number of aryl methyl sites for hydroxylation is 3. The third-order valence-corrected chi connectivity index (χ3v) is 6.14. The van der Waals surface area contributed by atoms with E-state index in [1.54, 1.807) is 6.07 Å². The first-order valence-corrected chi connectivity index (χ1v) is 9.80. The van der Waals surface area contributed by atoms with Gasteiger partial charge < -0.3 is 14.5 Å². The second-order valence-corrected chi connectivity index (χ2v) is 8.04. The molecular weight excluding hydrogens is 378 g/mol. The van der Waals surface area contributed by atoms with Gasteiger partial charge in [-0.05, 0) is 55.9 Å². The number of rotatable bonds is 3. The summed E-state index contributed by atoms with van der Waals surface area (Å²) < 4.78 is 10.6. The fourth-order valence-electron chi connectivity index (χ4n) is 3.75. The molecule has 4 rings (SSSR count). The van der Waals surface area contributed by atoms with E-state index in [0.717, 1.165) is 40.8 Å². The Morgan fingerprint density at radius 1 is 1.18 bits per heavy atom. The summed E-state index contributed by atoms with van der Waals surface area (Å²) in [4.78, 5) is 38.6. The van der Waals surface area contributed by atoms with Crippen LogP contribution >= 0.6 is 11.3 Å². The van der Waals surface area contributed by atoms with Gasteiger partial charge in [0.05, 0.1) is 18.1 Å². The predicted molar refractivity (Wildman–Crippen MR) is 108 cm³/mol. The molecule has 2 aromatic heterocycles. The highest BCUT2D eigenvalue weighted by molar-refractivity contribution is 7.17. The predicted octanol–water partition coefficient (Wildman–Crippen LogP) is 4.00. The zero-order valence-electron chi connectivity index (χ0n) is 15.8. The number of ether oxygens (including phenoxy) is 1. The normalized spacial score (nSPS) is 12.8. The Hall–Kier alpha value is -2.93. The summed E-state index contributed by atoms with van der Waals surface area (Å²) in [6.45, 7) is 3.73. The van der Waals surface area contributed by atoms with Crippen LogP contribution in [0.5, 0.6) is 0 Å². The molecule has 7 heteroatoms. The number of nitrogens with one attached hydrogen (secondary N) is 1. The summed E-state index contributed by atoms with van der Waals surface area (Å²) in [6.07, 6.45) is 2.65. The molecule has 1 aliphatic carbocycles. The molecule has 0 saturated carbocycles. The molecule has 3 aromatic rings. The Morgan fingerprint density at radius 3 is 2.71 bits per heavy atom. The number of hydrogen-bond acceptors (Lipinski definition) is 6. The highest BCUT2D eigenvalue weighted by Crippen LogP contribution is 2.39. The van der Waals surface area contributed by atoms with Crippen molar-refractivity contribution >= 4 is 39.2 Å². The van der Waals surface area contributed by atoms with Gasteiger partial charge in [-0.2, -0.15) is 0 Å². The monoisotopic (exact) mass is 397 g/mol. The van der Waals surface area contributed by atoms with Gasteiger partial charge in [0.2, 0.25) is 0 Å². The number of fused-ring (bicyclic) bond motifs is 2. The molecule has 0 unspecified atom stereocenters. The number of methoxy groups -OCH3 is 1. The van der Waals surface area contributed by atoms with Gasteiger partial charge in [-0.25, -0.2) is 4.79 Å². The first kappa shape index (κ1) is 18.4. The average molecular weight is 397 g/mol. The topological polar surface area (TPSA) is 85.6 Å². The number of benzene rings is 1. The van der Waals surface area contributed by atoms with Crippen molar-refractivity contribution in [2.75, 3.05) is 12.4 Å². The van der Waals surface area contributed by atoms with Gasteiger partial charge >= 0.3 is 5.97 Å². The molecular formula is C21H19NO5S. The minimum Gasteiger partial charge on any atom is -0.465 e. The SMILES string of the molecule is COC(=O)c1c(NC(=O)c2cc(=O)c3c(C)cc(C)cc3o2)sc2c1CCC2. The van der Waals surface area contributed by atoms with Crippen molar-refractivity contribution in [1.82, 2.24) is 0 Å². The quantitative estimate of drug-likeness (QED) is 0.675. The number of carbonyl (C=O) groups is 2. The highest BCUT2D eigenvalue weighted by atomic mass is 32.1. The van der Waals surface area contributed by atoms with Crippen LogP contribution in [-0.2, 0) is 17.6 Å². The molecule has 28 heavy (non-hydrogen) atoms. The summed E-state index contributed by atoms with van der Waals surface area (Å²) in [6, 6.07) is 4.83. The molecule has 0 radical (unpaired) electrons. The van der Waals surface area contributed by atoms with Gasteiger partial charge in [-0.1, -0.05) is 6.07 Å². The summed E-state index contributed by atoms with van der Waals surface area (Å²) >= 11 is 1.38. The second-order valence-electron chi connectivity index (χ2n) is 6.94. The van der Waals surface area contributed by atoms with Crippen molar-refractivity contribution in [1.29, 1.82) is 0 Å². The average Bonchev–Trinajstić information content (AvgIpc) is 3.20. The third-order valence-electron chi connectivity index (χ3n) is 4.93. The van der Waals surface area contributed by atoms with Crippen LogP contribution in [-0.4, -0.2) is 19.0 Å². The largest absolute Gasteiger partial charge is 0.465 e. The Kier molecular flexibility index (Phi) is 4.55. The molecule has 2 heterocycles.